The van der Waals surface area contributed by atoms with E-state index in [0.29, 0.717) is 5.56 Å². The number of amides is 4. The van der Waals surface area contributed by atoms with Crippen LogP contribution in [0.1, 0.15) is 77.1 Å². The number of benzene rings is 1. The zero-order valence-electron chi connectivity index (χ0n) is 21.9. The molecule has 0 aliphatic heterocycles. The van der Waals surface area contributed by atoms with Gasteiger partial charge in [0.25, 0.3) is 5.91 Å². The molecule has 0 fully saturated rings. The lowest BCUT2D eigenvalue weighted by atomic mass is 9.97. The highest BCUT2D eigenvalue weighted by molar-refractivity contribution is 5.93. The highest BCUT2D eigenvalue weighted by Gasteiger charge is 2.37. The standard InChI is InChI=1S/C26H38N4O5/c1-10-30(23(33)19(11-12-20(27)31)28-24(34)35-26(7,8)9)21(22(32)29-25(4,5)6)18-14-16(2)13-17(3)15-18/h1,13-15,19,21H,11-12H2,2-9H3,(H2,27,31)(H,28,34)(H,29,32). The van der Waals surface area contributed by atoms with Gasteiger partial charge in [-0.25, -0.2) is 4.79 Å². The maximum atomic E-state index is 13.6. The Bertz CT molecular complexity index is 978. The summed E-state index contributed by atoms with van der Waals surface area (Å²) in [5, 5.41) is 5.35. The maximum absolute atomic E-state index is 13.6. The van der Waals surface area contributed by atoms with Crippen LogP contribution in [0.3, 0.4) is 0 Å². The van der Waals surface area contributed by atoms with Crippen molar-refractivity contribution in [2.45, 2.75) is 91.5 Å². The first-order valence-electron chi connectivity index (χ1n) is 11.4. The first kappa shape index (κ1) is 29.5. The quantitative estimate of drug-likeness (QED) is 0.384. The monoisotopic (exact) mass is 486 g/mol. The van der Waals surface area contributed by atoms with E-state index < -0.39 is 47.0 Å². The number of carbonyl (C=O) groups is 4. The van der Waals surface area contributed by atoms with Crippen LogP contribution >= 0.6 is 0 Å². The van der Waals surface area contributed by atoms with E-state index in [0.717, 1.165) is 16.0 Å². The van der Waals surface area contributed by atoms with Crippen molar-refractivity contribution in [3.05, 3.63) is 34.9 Å². The van der Waals surface area contributed by atoms with Crippen molar-refractivity contribution in [2.24, 2.45) is 5.73 Å². The van der Waals surface area contributed by atoms with E-state index in [1.54, 1.807) is 32.9 Å². The van der Waals surface area contributed by atoms with E-state index >= 15 is 0 Å². The second-order valence-corrected chi connectivity index (χ2v) is 10.6. The molecular formula is C26H38N4O5. The number of ether oxygens (including phenoxy) is 1. The molecule has 2 atom stereocenters. The average Bonchev–Trinajstić information content (AvgIpc) is 2.64. The van der Waals surface area contributed by atoms with Gasteiger partial charge in [-0.3, -0.25) is 19.3 Å². The Morgan fingerprint density at radius 3 is 2.03 bits per heavy atom. The number of carbonyl (C=O) groups excluding carboxylic acids is 4. The van der Waals surface area contributed by atoms with Gasteiger partial charge in [0.2, 0.25) is 11.8 Å². The predicted octanol–water partition coefficient (Wildman–Crippen LogP) is 2.84. The molecule has 0 saturated carbocycles. The third kappa shape index (κ3) is 10.1. The van der Waals surface area contributed by atoms with Crippen molar-refractivity contribution in [3.8, 4) is 12.5 Å². The summed E-state index contributed by atoms with van der Waals surface area (Å²) in [6.07, 6.45) is 4.59. The highest BCUT2D eigenvalue weighted by Crippen LogP contribution is 2.25. The smallest absolute Gasteiger partial charge is 0.408 e. The molecule has 0 saturated heterocycles. The van der Waals surface area contributed by atoms with Gasteiger partial charge < -0.3 is 21.1 Å². The Morgan fingerprint density at radius 2 is 1.60 bits per heavy atom. The molecule has 4 N–H and O–H groups in total. The van der Waals surface area contributed by atoms with Crippen LogP contribution in [-0.2, 0) is 19.1 Å². The van der Waals surface area contributed by atoms with Crippen LogP contribution in [0.2, 0.25) is 0 Å². The van der Waals surface area contributed by atoms with E-state index in [2.05, 4.69) is 16.7 Å². The largest absolute Gasteiger partial charge is 0.444 e. The number of aryl methyl sites for hydroxylation is 2. The molecule has 1 rings (SSSR count). The first-order valence-corrected chi connectivity index (χ1v) is 11.4. The number of alkyl carbamates (subject to hydrolysis) is 1. The second kappa shape index (κ2) is 11.7. The molecule has 0 heterocycles. The van der Waals surface area contributed by atoms with Gasteiger partial charge >= 0.3 is 6.09 Å². The molecule has 1 aromatic rings. The average molecular weight is 487 g/mol. The lowest BCUT2D eigenvalue weighted by Crippen LogP contribution is -2.53. The van der Waals surface area contributed by atoms with Crippen molar-refractivity contribution < 1.29 is 23.9 Å². The molecule has 0 radical (unpaired) electrons. The third-order valence-electron chi connectivity index (χ3n) is 4.61. The number of rotatable bonds is 8. The Labute approximate surface area is 208 Å². The van der Waals surface area contributed by atoms with E-state index in [4.69, 9.17) is 16.9 Å². The van der Waals surface area contributed by atoms with Gasteiger partial charge in [0.15, 0.2) is 0 Å². The van der Waals surface area contributed by atoms with Crippen LogP contribution in [0.25, 0.3) is 0 Å². The molecular weight excluding hydrogens is 448 g/mol. The molecule has 2 unspecified atom stereocenters. The van der Waals surface area contributed by atoms with E-state index in [1.165, 1.54) is 0 Å². The van der Waals surface area contributed by atoms with Crippen LogP contribution in [-0.4, -0.2) is 45.9 Å². The summed E-state index contributed by atoms with van der Waals surface area (Å²) in [6, 6.07) is 5.37. The fraction of sp³-hybridized carbons (Fsp3) is 0.538. The normalized spacial score (nSPS) is 13.1. The Hall–Kier alpha value is -3.54. The molecule has 1 aromatic carbocycles. The number of nitrogens with one attached hydrogen (secondary N) is 2. The third-order valence-corrected chi connectivity index (χ3v) is 4.61. The van der Waals surface area contributed by atoms with Crippen molar-refractivity contribution >= 4 is 23.8 Å². The summed E-state index contributed by atoms with van der Waals surface area (Å²) < 4.78 is 5.26. The Balaban J connectivity index is 3.48. The predicted molar refractivity (Wildman–Crippen MR) is 134 cm³/mol. The zero-order chi connectivity index (χ0) is 27.1. The van der Waals surface area contributed by atoms with Crippen molar-refractivity contribution in [1.82, 2.24) is 15.5 Å². The van der Waals surface area contributed by atoms with Crippen LogP contribution in [0.4, 0.5) is 4.79 Å². The number of hydrogen-bond donors (Lipinski definition) is 3. The second-order valence-electron chi connectivity index (χ2n) is 10.6. The van der Waals surface area contributed by atoms with Crippen LogP contribution in [0.15, 0.2) is 18.2 Å². The van der Waals surface area contributed by atoms with Crippen molar-refractivity contribution in [1.29, 1.82) is 0 Å². The molecule has 9 heteroatoms. The van der Waals surface area contributed by atoms with Gasteiger partial charge in [0.1, 0.15) is 17.7 Å². The van der Waals surface area contributed by atoms with Gasteiger partial charge in [0, 0.05) is 18.0 Å². The number of primary amides is 1. The molecule has 35 heavy (non-hydrogen) atoms. The van der Waals surface area contributed by atoms with Crippen molar-refractivity contribution in [3.63, 3.8) is 0 Å². The van der Waals surface area contributed by atoms with E-state index in [1.807, 2.05) is 40.7 Å². The summed E-state index contributed by atoms with van der Waals surface area (Å²) in [5.41, 5.74) is 6.14. The maximum Gasteiger partial charge on any atom is 0.408 e. The minimum absolute atomic E-state index is 0.119. The van der Waals surface area contributed by atoms with Gasteiger partial charge in [-0.1, -0.05) is 35.7 Å². The van der Waals surface area contributed by atoms with Crippen molar-refractivity contribution in [2.75, 3.05) is 0 Å². The van der Waals surface area contributed by atoms with Gasteiger partial charge in [-0.05, 0) is 67.4 Å². The van der Waals surface area contributed by atoms with Gasteiger partial charge in [-0.15, -0.1) is 0 Å². The Morgan fingerprint density at radius 1 is 1.06 bits per heavy atom. The zero-order valence-corrected chi connectivity index (χ0v) is 21.9. The number of nitrogens with two attached hydrogens (primary N) is 1. The number of terminal acetylenes is 1. The number of nitrogens with zero attached hydrogens (tertiary/aromatic N) is 1. The van der Waals surface area contributed by atoms with Gasteiger partial charge in [0.05, 0.1) is 0 Å². The lowest BCUT2D eigenvalue weighted by Gasteiger charge is -2.32. The molecule has 0 aromatic heterocycles. The summed E-state index contributed by atoms with van der Waals surface area (Å²) in [6.45, 7) is 14.2. The summed E-state index contributed by atoms with van der Waals surface area (Å²) in [7, 11) is 0. The summed E-state index contributed by atoms with van der Waals surface area (Å²) >= 11 is 0. The van der Waals surface area contributed by atoms with Gasteiger partial charge in [-0.2, -0.15) is 0 Å². The lowest BCUT2D eigenvalue weighted by molar-refractivity contribution is -0.139. The number of hydrogen-bond acceptors (Lipinski definition) is 5. The highest BCUT2D eigenvalue weighted by atomic mass is 16.6. The SMILES string of the molecule is C#CN(C(=O)C(CCC(N)=O)NC(=O)OC(C)(C)C)C(C(=O)NC(C)(C)C)c1cc(C)cc(C)c1. The molecule has 0 spiro atoms. The minimum atomic E-state index is -1.25. The molecule has 192 valence electrons. The van der Waals surface area contributed by atoms with E-state index in [9.17, 15) is 19.2 Å². The molecule has 0 aliphatic rings. The fourth-order valence-corrected chi connectivity index (χ4v) is 3.45. The van der Waals surface area contributed by atoms with Crippen LogP contribution < -0.4 is 16.4 Å². The summed E-state index contributed by atoms with van der Waals surface area (Å²) in [4.78, 5) is 51.8. The van der Waals surface area contributed by atoms with Crippen LogP contribution in [0.5, 0.6) is 0 Å². The van der Waals surface area contributed by atoms with Crippen LogP contribution in [0, 0.1) is 26.3 Å². The Kier molecular flexibility index (Phi) is 9.89. The molecule has 9 nitrogen and oxygen atoms in total. The molecule has 4 amide bonds. The first-order chi connectivity index (χ1) is 15.9. The molecule has 0 aliphatic carbocycles. The fourth-order valence-electron chi connectivity index (χ4n) is 3.45. The summed E-state index contributed by atoms with van der Waals surface area (Å²) in [5.74, 6) is -1.88. The molecule has 0 bridgehead atoms. The minimum Gasteiger partial charge on any atom is -0.444 e. The van der Waals surface area contributed by atoms with E-state index in [-0.39, 0.29) is 12.8 Å². The topological polar surface area (TPSA) is 131 Å².